The van der Waals surface area contributed by atoms with Crippen LogP contribution in [-0.4, -0.2) is 20.3 Å². The van der Waals surface area contributed by atoms with E-state index in [1.807, 2.05) is 6.20 Å². The monoisotopic (exact) mass is 246 g/mol. The fourth-order valence-electron chi connectivity index (χ4n) is 2.14. The van der Waals surface area contributed by atoms with Crippen molar-refractivity contribution in [3.8, 4) is 0 Å². The molecule has 0 fully saturated rings. The van der Waals surface area contributed by atoms with E-state index in [9.17, 15) is 4.79 Å². The molecule has 0 saturated carbocycles. The van der Waals surface area contributed by atoms with Crippen LogP contribution in [0, 0.1) is 0 Å². The van der Waals surface area contributed by atoms with Crippen molar-refractivity contribution in [3.63, 3.8) is 0 Å². The Morgan fingerprint density at radius 3 is 2.83 bits per heavy atom. The van der Waals surface area contributed by atoms with Crippen molar-refractivity contribution in [3.05, 3.63) is 29.8 Å². The number of hydrogen-bond donors (Lipinski definition) is 1. The third-order valence-corrected chi connectivity index (χ3v) is 3.16. The summed E-state index contributed by atoms with van der Waals surface area (Å²) in [6.45, 7) is 4.33. The van der Waals surface area contributed by atoms with Gasteiger partial charge in [-0.25, -0.2) is 9.97 Å². The molecule has 0 saturated heterocycles. The highest BCUT2D eigenvalue weighted by molar-refractivity contribution is 5.92. The van der Waals surface area contributed by atoms with Crippen LogP contribution in [0.1, 0.15) is 55.1 Å². The lowest BCUT2D eigenvalue weighted by atomic mass is 9.98. The van der Waals surface area contributed by atoms with Crippen LogP contribution in [0.4, 0.5) is 0 Å². The molecule has 2 aromatic rings. The molecule has 0 spiro atoms. The van der Waals surface area contributed by atoms with E-state index in [1.54, 1.807) is 10.6 Å². The summed E-state index contributed by atoms with van der Waals surface area (Å²) in [6, 6.07) is 0. The zero-order valence-corrected chi connectivity index (χ0v) is 10.8. The molecule has 18 heavy (non-hydrogen) atoms. The van der Waals surface area contributed by atoms with Crippen molar-refractivity contribution in [2.24, 2.45) is 5.73 Å². The van der Waals surface area contributed by atoms with Gasteiger partial charge in [-0.05, 0) is 12.8 Å². The smallest absolute Gasteiger partial charge is 0.251 e. The summed E-state index contributed by atoms with van der Waals surface area (Å²) in [5.74, 6) is 0.596. The van der Waals surface area contributed by atoms with Gasteiger partial charge in [0, 0.05) is 24.5 Å². The van der Waals surface area contributed by atoms with Gasteiger partial charge in [-0.3, -0.25) is 9.20 Å². The van der Waals surface area contributed by atoms with Crippen molar-refractivity contribution in [2.75, 3.05) is 0 Å². The molecule has 2 heterocycles. The van der Waals surface area contributed by atoms with Crippen LogP contribution in [0.25, 0.3) is 5.78 Å². The molecule has 2 N–H and O–H groups in total. The van der Waals surface area contributed by atoms with Gasteiger partial charge in [0.25, 0.3) is 5.91 Å². The third-order valence-electron chi connectivity index (χ3n) is 3.16. The number of aromatic nitrogens is 3. The summed E-state index contributed by atoms with van der Waals surface area (Å²) < 4.78 is 1.77. The number of nitrogens with zero attached hydrogens (tertiary/aromatic N) is 3. The van der Waals surface area contributed by atoms with Crippen molar-refractivity contribution < 1.29 is 4.79 Å². The number of hydrogen-bond acceptors (Lipinski definition) is 3. The van der Waals surface area contributed by atoms with Crippen molar-refractivity contribution in [1.82, 2.24) is 14.4 Å². The first-order chi connectivity index (χ1) is 8.65. The van der Waals surface area contributed by atoms with Crippen LogP contribution < -0.4 is 5.73 Å². The number of carbonyl (C=O) groups excluding carboxylic acids is 1. The Kier molecular flexibility index (Phi) is 3.60. The quantitative estimate of drug-likeness (QED) is 0.878. The highest BCUT2D eigenvalue weighted by Crippen LogP contribution is 2.23. The zero-order chi connectivity index (χ0) is 13.1. The van der Waals surface area contributed by atoms with Crippen LogP contribution >= 0.6 is 0 Å². The van der Waals surface area contributed by atoms with Crippen LogP contribution in [-0.2, 0) is 0 Å². The molecule has 1 unspecified atom stereocenters. The van der Waals surface area contributed by atoms with Gasteiger partial charge in [0.2, 0.25) is 5.78 Å². The average molecular weight is 246 g/mol. The minimum atomic E-state index is -0.472. The minimum absolute atomic E-state index is 0.398. The summed E-state index contributed by atoms with van der Waals surface area (Å²) >= 11 is 0. The van der Waals surface area contributed by atoms with E-state index in [-0.39, 0.29) is 0 Å². The summed E-state index contributed by atoms with van der Waals surface area (Å²) in [5.41, 5.74) is 6.67. The van der Waals surface area contributed by atoms with Crippen molar-refractivity contribution in [2.45, 2.75) is 39.0 Å². The molecule has 0 aliphatic carbocycles. The summed E-state index contributed by atoms with van der Waals surface area (Å²) in [7, 11) is 0. The Balaban J connectivity index is 2.40. The molecule has 2 rings (SSSR count). The Morgan fingerprint density at radius 1 is 1.44 bits per heavy atom. The predicted molar refractivity (Wildman–Crippen MR) is 69.4 cm³/mol. The summed E-state index contributed by atoms with van der Waals surface area (Å²) in [4.78, 5) is 19.7. The maximum absolute atomic E-state index is 11.1. The number of imidazole rings is 1. The summed E-state index contributed by atoms with van der Waals surface area (Å²) in [5, 5.41) is 0. The van der Waals surface area contributed by atoms with Gasteiger partial charge in [0.15, 0.2) is 0 Å². The average Bonchev–Trinajstić information content (AvgIpc) is 2.78. The van der Waals surface area contributed by atoms with Crippen LogP contribution in [0.2, 0.25) is 0 Å². The van der Waals surface area contributed by atoms with Crippen molar-refractivity contribution >= 4 is 11.7 Å². The van der Waals surface area contributed by atoms with Crippen LogP contribution in [0.3, 0.4) is 0 Å². The molecule has 2 aromatic heterocycles. The van der Waals surface area contributed by atoms with Gasteiger partial charge in [-0.2, -0.15) is 0 Å². The van der Waals surface area contributed by atoms with Crippen LogP contribution in [0.15, 0.2) is 18.6 Å². The Labute approximate surface area is 106 Å². The number of primary amides is 1. The Hall–Kier alpha value is -1.91. The number of nitrogens with two attached hydrogens (primary N) is 1. The normalized spacial score (nSPS) is 12.8. The number of amides is 1. The maximum Gasteiger partial charge on any atom is 0.251 e. The van der Waals surface area contributed by atoms with E-state index in [2.05, 4.69) is 23.8 Å². The third kappa shape index (κ3) is 2.34. The van der Waals surface area contributed by atoms with Gasteiger partial charge in [0.05, 0.1) is 11.3 Å². The second kappa shape index (κ2) is 5.16. The molecule has 96 valence electrons. The zero-order valence-electron chi connectivity index (χ0n) is 10.8. The van der Waals surface area contributed by atoms with Gasteiger partial charge >= 0.3 is 0 Å². The Bertz CT molecular complexity index is 561. The molecule has 0 bridgehead atoms. The standard InChI is InChI=1S/C13H18N4O/c1-3-5-9(4-2)11-8-17-7-10(12(14)18)6-15-13(17)16-11/h6-9H,3-5H2,1-2H3,(H2,14,18). The van der Waals surface area contributed by atoms with E-state index in [0.29, 0.717) is 17.3 Å². The second-order valence-electron chi connectivity index (χ2n) is 4.47. The fraction of sp³-hybridized carbons (Fsp3) is 0.462. The van der Waals surface area contributed by atoms with E-state index in [0.717, 1.165) is 25.0 Å². The first kappa shape index (κ1) is 12.5. The topological polar surface area (TPSA) is 73.3 Å². The molecule has 0 aromatic carbocycles. The molecule has 0 radical (unpaired) electrons. The predicted octanol–water partition coefficient (Wildman–Crippen LogP) is 2.12. The number of fused-ring (bicyclic) bond motifs is 1. The lowest BCUT2D eigenvalue weighted by Crippen LogP contribution is -2.12. The molecular formula is C13H18N4O. The SMILES string of the molecule is CCCC(CC)c1cn2cc(C(N)=O)cnc2n1. The first-order valence-electron chi connectivity index (χ1n) is 6.30. The van der Waals surface area contributed by atoms with Crippen molar-refractivity contribution in [1.29, 1.82) is 0 Å². The van der Waals surface area contributed by atoms with E-state index in [1.165, 1.54) is 6.20 Å². The molecule has 1 amide bonds. The fourth-order valence-corrected chi connectivity index (χ4v) is 2.14. The van der Waals surface area contributed by atoms with E-state index >= 15 is 0 Å². The molecule has 0 aliphatic rings. The molecular weight excluding hydrogens is 228 g/mol. The molecule has 5 nitrogen and oxygen atoms in total. The van der Waals surface area contributed by atoms with E-state index < -0.39 is 5.91 Å². The lowest BCUT2D eigenvalue weighted by molar-refractivity contribution is 0.0999. The van der Waals surface area contributed by atoms with Gasteiger partial charge in [-0.1, -0.05) is 20.3 Å². The van der Waals surface area contributed by atoms with E-state index in [4.69, 9.17) is 5.73 Å². The minimum Gasteiger partial charge on any atom is -0.366 e. The molecule has 5 heteroatoms. The van der Waals surface area contributed by atoms with Crippen LogP contribution in [0.5, 0.6) is 0 Å². The maximum atomic E-state index is 11.1. The number of carbonyl (C=O) groups is 1. The van der Waals surface area contributed by atoms with Gasteiger partial charge in [0.1, 0.15) is 0 Å². The Morgan fingerprint density at radius 2 is 2.22 bits per heavy atom. The largest absolute Gasteiger partial charge is 0.366 e. The van der Waals surface area contributed by atoms with Gasteiger partial charge in [-0.15, -0.1) is 0 Å². The summed E-state index contributed by atoms with van der Waals surface area (Å²) in [6.07, 6.45) is 8.39. The van der Waals surface area contributed by atoms with Gasteiger partial charge < -0.3 is 5.73 Å². The number of rotatable bonds is 5. The molecule has 1 atom stereocenters. The highest BCUT2D eigenvalue weighted by atomic mass is 16.1. The lowest BCUT2D eigenvalue weighted by Gasteiger charge is -2.09. The highest BCUT2D eigenvalue weighted by Gasteiger charge is 2.13. The molecule has 0 aliphatic heterocycles. The first-order valence-corrected chi connectivity index (χ1v) is 6.30. The second-order valence-corrected chi connectivity index (χ2v) is 4.47.